The molecule has 2 aliphatic rings. The van der Waals surface area contributed by atoms with E-state index in [1.54, 1.807) is 18.7 Å². The number of nitrogens with zero attached hydrogens (tertiary/aromatic N) is 7. The number of rotatable bonds is 4. The summed E-state index contributed by atoms with van der Waals surface area (Å²) < 4.78 is 0. The van der Waals surface area contributed by atoms with Gasteiger partial charge in [0.25, 0.3) is 0 Å². The van der Waals surface area contributed by atoms with Crippen LogP contribution in [0.25, 0.3) is 0 Å². The van der Waals surface area contributed by atoms with E-state index in [0.717, 1.165) is 57.3 Å². The predicted octanol–water partition coefficient (Wildman–Crippen LogP) is 1.38. The van der Waals surface area contributed by atoms with E-state index in [0.29, 0.717) is 11.9 Å². The molecular weight excluding hydrogens is 366 g/mol. The summed E-state index contributed by atoms with van der Waals surface area (Å²) in [4.78, 5) is 26.3. The molecule has 29 heavy (non-hydrogen) atoms. The number of hydrogen-bond donors (Lipinski definition) is 2. The van der Waals surface area contributed by atoms with Crippen LogP contribution in [0.3, 0.4) is 0 Å². The molecule has 148 valence electrons. The third-order valence-corrected chi connectivity index (χ3v) is 5.31. The lowest BCUT2D eigenvalue weighted by atomic mass is 10.0. The topological polar surface area (TPSA) is 95.0 Å². The van der Waals surface area contributed by atoms with Crippen LogP contribution in [0.5, 0.6) is 0 Å². The van der Waals surface area contributed by atoms with Gasteiger partial charge in [0.2, 0.25) is 17.8 Å². The van der Waals surface area contributed by atoms with Gasteiger partial charge in [0.15, 0.2) is 0 Å². The van der Waals surface area contributed by atoms with Gasteiger partial charge in [-0.2, -0.15) is 4.98 Å². The van der Waals surface area contributed by atoms with Crippen LogP contribution in [0, 0.1) is 0 Å². The van der Waals surface area contributed by atoms with Crippen molar-refractivity contribution in [3.05, 3.63) is 54.1 Å². The van der Waals surface area contributed by atoms with Gasteiger partial charge in [-0.25, -0.2) is 19.9 Å². The first kappa shape index (κ1) is 17.7. The van der Waals surface area contributed by atoms with E-state index in [2.05, 4.69) is 63.6 Å². The number of aromatic nitrogens is 5. The van der Waals surface area contributed by atoms with Gasteiger partial charge in [0.05, 0.1) is 0 Å². The summed E-state index contributed by atoms with van der Waals surface area (Å²) in [5, 5.41) is 6.73. The Morgan fingerprint density at radius 3 is 2.48 bits per heavy atom. The summed E-state index contributed by atoms with van der Waals surface area (Å²) in [5.74, 6) is 2.02. The first-order chi connectivity index (χ1) is 14.3. The molecule has 1 saturated heterocycles. The minimum Gasteiger partial charge on any atom is -0.337 e. The average molecular weight is 389 g/mol. The molecule has 0 aliphatic carbocycles. The van der Waals surface area contributed by atoms with E-state index in [4.69, 9.17) is 0 Å². The molecule has 9 nitrogen and oxygen atoms in total. The summed E-state index contributed by atoms with van der Waals surface area (Å²) >= 11 is 0. The third-order valence-electron chi connectivity index (χ3n) is 5.31. The van der Waals surface area contributed by atoms with Crippen molar-refractivity contribution in [3.8, 4) is 0 Å². The Morgan fingerprint density at radius 2 is 1.66 bits per heavy atom. The molecule has 0 unspecified atom stereocenters. The zero-order valence-corrected chi connectivity index (χ0v) is 16.1. The molecule has 0 radical (unpaired) electrons. The Kier molecular flexibility index (Phi) is 4.87. The molecule has 5 rings (SSSR count). The number of fused-ring (bicyclic) bond motifs is 1. The number of piperazine rings is 1. The van der Waals surface area contributed by atoms with Gasteiger partial charge in [-0.15, -0.1) is 0 Å². The first-order valence-corrected chi connectivity index (χ1v) is 9.91. The SMILES string of the molecule is c1cnc(N2CCN(c3ncnc(Nc4ccc5c(c4)CNCC5)n3)CC2)nc1. The molecular formula is C20H23N9. The Morgan fingerprint density at radius 1 is 0.862 bits per heavy atom. The largest absolute Gasteiger partial charge is 0.337 e. The number of nitrogens with one attached hydrogen (secondary N) is 2. The van der Waals surface area contributed by atoms with Crippen LogP contribution in [-0.4, -0.2) is 57.6 Å². The van der Waals surface area contributed by atoms with Crippen molar-refractivity contribution in [1.82, 2.24) is 30.2 Å². The van der Waals surface area contributed by atoms with Crippen molar-refractivity contribution >= 4 is 23.5 Å². The van der Waals surface area contributed by atoms with Gasteiger partial charge in [-0.05, 0) is 42.3 Å². The summed E-state index contributed by atoms with van der Waals surface area (Å²) in [6, 6.07) is 8.28. The van der Waals surface area contributed by atoms with E-state index in [-0.39, 0.29) is 0 Å². The first-order valence-electron chi connectivity index (χ1n) is 9.91. The zero-order valence-electron chi connectivity index (χ0n) is 16.1. The van der Waals surface area contributed by atoms with Crippen molar-refractivity contribution in [1.29, 1.82) is 0 Å². The second kappa shape index (κ2) is 7.96. The van der Waals surface area contributed by atoms with Gasteiger partial charge in [-0.3, -0.25) is 0 Å². The average Bonchev–Trinajstić information content (AvgIpc) is 2.80. The van der Waals surface area contributed by atoms with Gasteiger partial charge < -0.3 is 20.4 Å². The molecule has 0 bridgehead atoms. The number of anilines is 4. The van der Waals surface area contributed by atoms with Crippen LogP contribution in [-0.2, 0) is 13.0 Å². The van der Waals surface area contributed by atoms with Gasteiger partial charge >= 0.3 is 0 Å². The standard InChI is InChI=1S/C20H23N9/c1-5-22-19(23-6-1)28-8-10-29(11-9-28)20-25-14-24-18(27-20)26-17-3-2-15-4-7-21-13-16(15)12-17/h1-3,5-6,12,14,21H,4,7-11,13H2,(H,24,25,26,27). The smallest absolute Gasteiger partial charge is 0.231 e. The summed E-state index contributed by atoms with van der Waals surface area (Å²) in [7, 11) is 0. The predicted molar refractivity (Wildman–Crippen MR) is 111 cm³/mol. The summed E-state index contributed by atoms with van der Waals surface area (Å²) in [6.45, 7) is 5.23. The lowest BCUT2D eigenvalue weighted by Gasteiger charge is -2.34. The van der Waals surface area contributed by atoms with Crippen LogP contribution in [0.2, 0.25) is 0 Å². The fourth-order valence-electron chi connectivity index (χ4n) is 3.75. The number of hydrogen-bond acceptors (Lipinski definition) is 9. The Labute approximate surface area is 169 Å². The molecule has 2 N–H and O–H groups in total. The maximum atomic E-state index is 4.63. The van der Waals surface area contributed by atoms with Crippen LogP contribution in [0.15, 0.2) is 43.0 Å². The monoisotopic (exact) mass is 389 g/mol. The lowest BCUT2D eigenvalue weighted by Crippen LogP contribution is -2.47. The summed E-state index contributed by atoms with van der Waals surface area (Å²) in [5.41, 5.74) is 3.73. The molecule has 1 fully saturated rings. The second-order valence-corrected chi connectivity index (χ2v) is 7.17. The Balaban J connectivity index is 1.26. The molecule has 1 aromatic carbocycles. The fraction of sp³-hybridized carbons (Fsp3) is 0.350. The highest BCUT2D eigenvalue weighted by Gasteiger charge is 2.21. The normalized spacial score (nSPS) is 16.4. The quantitative estimate of drug-likeness (QED) is 0.686. The Bertz CT molecular complexity index is 971. The van der Waals surface area contributed by atoms with Crippen LogP contribution < -0.4 is 20.4 Å². The van der Waals surface area contributed by atoms with Crippen molar-refractivity contribution in [2.45, 2.75) is 13.0 Å². The minimum atomic E-state index is 0.563. The molecule has 9 heteroatoms. The highest BCUT2D eigenvalue weighted by molar-refractivity contribution is 5.57. The molecule has 2 aromatic heterocycles. The second-order valence-electron chi connectivity index (χ2n) is 7.17. The molecule has 0 spiro atoms. The molecule has 0 saturated carbocycles. The van der Waals surface area contributed by atoms with Crippen molar-refractivity contribution in [3.63, 3.8) is 0 Å². The third kappa shape index (κ3) is 3.95. The highest BCUT2D eigenvalue weighted by Crippen LogP contribution is 2.22. The molecule has 2 aliphatic heterocycles. The maximum absolute atomic E-state index is 4.63. The molecule has 0 atom stereocenters. The van der Waals surface area contributed by atoms with Crippen molar-refractivity contribution in [2.24, 2.45) is 0 Å². The highest BCUT2D eigenvalue weighted by atomic mass is 15.4. The Hall–Kier alpha value is -3.33. The van der Waals surface area contributed by atoms with E-state index in [1.807, 2.05) is 6.07 Å². The summed E-state index contributed by atoms with van der Waals surface area (Å²) in [6.07, 6.45) is 6.19. The van der Waals surface area contributed by atoms with Gasteiger partial charge in [0.1, 0.15) is 6.33 Å². The lowest BCUT2D eigenvalue weighted by molar-refractivity contribution is 0.627. The number of benzene rings is 1. The zero-order chi connectivity index (χ0) is 19.5. The fourth-order valence-corrected chi connectivity index (χ4v) is 3.75. The van der Waals surface area contributed by atoms with Crippen molar-refractivity contribution < 1.29 is 0 Å². The molecule has 0 amide bonds. The van der Waals surface area contributed by atoms with Gasteiger partial charge in [-0.1, -0.05) is 6.07 Å². The van der Waals surface area contributed by atoms with E-state index >= 15 is 0 Å². The van der Waals surface area contributed by atoms with E-state index in [9.17, 15) is 0 Å². The maximum Gasteiger partial charge on any atom is 0.231 e. The molecule has 3 aromatic rings. The van der Waals surface area contributed by atoms with Crippen LogP contribution in [0.4, 0.5) is 23.5 Å². The van der Waals surface area contributed by atoms with E-state index < -0.39 is 0 Å². The van der Waals surface area contributed by atoms with Crippen LogP contribution in [0.1, 0.15) is 11.1 Å². The van der Waals surface area contributed by atoms with Crippen molar-refractivity contribution in [2.75, 3.05) is 47.8 Å². The van der Waals surface area contributed by atoms with Crippen LogP contribution >= 0.6 is 0 Å². The molecule has 4 heterocycles. The minimum absolute atomic E-state index is 0.563. The van der Waals surface area contributed by atoms with Gasteiger partial charge in [0, 0.05) is 50.8 Å². The van der Waals surface area contributed by atoms with E-state index in [1.165, 1.54) is 11.1 Å².